The summed E-state index contributed by atoms with van der Waals surface area (Å²) in [6, 6.07) is 16.5. The lowest BCUT2D eigenvalue weighted by atomic mass is 10.00. The third-order valence-electron chi connectivity index (χ3n) is 7.52. The lowest BCUT2D eigenvalue weighted by molar-refractivity contribution is -0.120. The molecule has 41 heavy (non-hydrogen) atoms. The fraction of sp³-hybridized carbons (Fsp3) is 0.258. The van der Waals surface area contributed by atoms with Crippen molar-refractivity contribution >= 4 is 39.9 Å². The van der Waals surface area contributed by atoms with Gasteiger partial charge in [0.25, 0.3) is 0 Å². The Kier molecular flexibility index (Phi) is 7.25. The van der Waals surface area contributed by atoms with E-state index in [0.717, 1.165) is 24.3 Å². The highest BCUT2D eigenvalue weighted by Gasteiger charge is 2.27. The van der Waals surface area contributed by atoms with Crippen LogP contribution in [-0.4, -0.2) is 79.1 Å². The predicted molar refractivity (Wildman–Crippen MR) is 153 cm³/mol. The molecule has 3 aromatic carbocycles. The Bertz CT molecular complexity index is 1660. The number of esters is 1. The van der Waals surface area contributed by atoms with Gasteiger partial charge in [-0.25, -0.2) is 14.2 Å². The molecule has 3 heterocycles. The fourth-order valence-corrected chi connectivity index (χ4v) is 5.42. The van der Waals surface area contributed by atoms with E-state index in [-0.39, 0.29) is 11.8 Å². The average Bonchev–Trinajstić information content (AvgIpc) is 3.56. The average molecular weight is 557 g/mol. The van der Waals surface area contributed by atoms with Crippen LogP contribution in [0.3, 0.4) is 0 Å². The molecule has 0 bridgehead atoms. The second kappa shape index (κ2) is 11.1. The van der Waals surface area contributed by atoms with E-state index in [1.165, 1.54) is 19.2 Å². The zero-order chi connectivity index (χ0) is 28.5. The lowest BCUT2D eigenvalue weighted by Crippen LogP contribution is -2.44. The maximum atomic E-state index is 13.8. The number of aliphatic imine (C=N–C) groups is 1. The molecule has 6 rings (SSSR count). The number of amides is 1. The minimum Gasteiger partial charge on any atom is -0.494 e. The van der Waals surface area contributed by atoms with Crippen LogP contribution in [0, 0.1) is 5.82 Å². The Morgan fingerprint density at radius 1 is 1.02 bits per heavy atom. The van der Waals surface area contributed by atoms with Crippen molar-refractivity contribution in [2.75, 3.05) is 51.4 Å². The van der Waals surface area contributed by atoms with Gasteiger partial charge in [0.2, 0.25) is 5.91 Å². The van der Waals surface area contributed by atoms with Crippen molar-refractivity contribution in [2.45, 2.75) is 6.42 Å². The molecule has 0 aliphatic carbocycles. The van der Waals surface area contributed by atoms with Crippen LogP contribution < -0.4 is 4.90 Å². The van der Waals surface area contributed by atoms with Gasteiger partial charge in [0, 0.05) is 41.8 Å². The monoisotopic (exact) mass is 556 g/mol. The molecular weight excluding hydrogens is 527 g/mol. The van der Waals surface area contributed by atoms with Gasteiger partial charge in [-0.15, -0.1) is 0 Å². The molecule has 2 aliphatic heterocycles. The first-order valence-electron chi connectivity index (χ1n) is 13.4. The maximum absolute atomic E-state index is 13.8. The van der Waals surface area contributed by atoms with Crippen LogP contribution in [0.5, 0.6) is 5.88 Å². The second-order valence-electron chi connectivity index (χ2n) is 10.1. The number of rotatable bonds is 6. The SMILES string of the molecule is COC(=O)c1ccc2c(C(=Nc3ccc4c(c3)CCN4C(=O)CN3CCOCC3)c3ccc(F)cc3)c(O)[nH]c2c1. The Hall–Kier alpha value is -4.54. The molecule has 0 spiro atoms. The largest absolute Gasteiger partial charge is 0.494 e. The van der Waals surface area contributed by atoms with Crippen molar-refractivity contribution in [1.29, 1.82) is 0 Å². The highest BCUT2D eigenvalue weighted by atomic mass is 19.1. The molecule has 1 fully saturated rings. The molecule has 0 atom stereocenters. The molecule has 2 aliphatic rings. The molecule has 2 N–H and O–H groups in total. The number of anilines is 1. The number of hydrogen-bond acceptors (Lipinski definition) is 7. The van der Waals surface area contributed by atoms with Gasteiger partial charge in [-0.3, -0.25) is 9.69 Å². The first-order valence-corrected chi connectivity index (χ1v) is 13.4. The van der Waals surface area contributed by atoms with Gasteiger partial charge in [0.15, 0.2) is 5.88 Å². The number of aromatic hydroxyl groups is 1. The summed E-state index contributed by atoms with van der Waals surface area (Å²) in [4.78, 5) is 36.9. The normalized spacial score (nSPS) is 15.8. The highest BCUT2D eigenvalue weighted by molar-refractivity contribution is 6.22. The summed E-state index contributed by atoms with van der Waals surface area (Å²) in [7, 11) is 1.30. The minimum atomic E-state index is -0.495. The van der Waals surface area contributed by atoms with Crippen LogP contribution in [-0.2, 0) is 20.7 Å². The number of nitrogens with zero attached hydrogens (tertiary/aromatic N) is 3. The van der Waals surface area contributed by atoms with Crippen molar-refractivity contribution in [3.63, 3.8) is 0 Å². The number of aromatic amines is 1. The molecular formula is C31H29FN4O5. The quantitative estimate of drug-likeness (QED) is 0.273. The van der Waals surface area contributed by atoms with Gasteiger partial charge in [0.1, 0.15) is 5.82 Å². The first kappa shape index (κ1) is 26.7. The van der Waals surface area contributed by atoms with E-state index in [9.17, 15) is 19.1 Å². The molecule has 9 nitrogen and oxygen atoms in total. The molecule has 1 amide bonds. The van der Waals surface area contributed by atoms with Crippen molar-refractivity contribution in [3.05, 3.63) is 88.7 Å². The number of aromatic nitrogens is 1. The van der Waals surface area contributed by atoms with Crippen molar-refractivity contribution in [3.8, 4) is 5.88 Å². The number of fused-ring (bicyclic) bond motifs is 2. The number of benzene rings is 3. The predicted octanol–water partition coefficient (Wildman–Crippen LogP) is 4.19. The molecule has 0 unspecified atom stereocenters. The first-order chi connectivity index (χ1) is 19.9. The summed E-state index contributed by atoms with van der Waals surface area (Å²) < 4.78 is 24.0. The smallest absolute Gasteiger partial charge is 0.337 e. The molecule has 210 valence electrons. The van der Waals surface area contributed by atoms with Crippen LogP contribution in [0.2, 0.25) is 0 Å². The molecule has 0 radical (unpaired) electrons. The zero-order valence-corrected chi connectivity index (χ0v) is 22.5. The van der Waals surface area contributed by atoms with E-state index in [4.69, 9.17) is 14.5 Å². The Morgan fingerprint density at radius 3 is 2.54 bits per heavy atom. The van der Waals surface area contributed by atoms with E-state index < -0.39 is 11.8 Å². The van der Waals surface area contributed by atoms with Crippen LogP contribution >= 0.6 is 0 Å². The summed E-state index contributed by atoms with van der Waals surface area (Å²) in [5.41, 5.74) is 4.82. The van der Waals surface area contributed by atoms with Crippen molar-refractivity contribution in [1.82, 2.24) is 9.88 Å². The molecule has 0 saturated carbocycles. The Balaban J connectivity index is 1.37. The zero-order valence-electron chi connectivity index (χ0n) is 22.5. The second-order valence-corrected chi connectivity index (χ2v) is 10.1. The van der Waals surface area contributed by atoms with Crippen LogP contribution in [0.15, 0.2) is 65.7 Å². The topological polar surface area (TPSA) is 107 Å². The lowest BCUT2D eigenvalue weighted by Gasteiger charge is -2.28. The minimum absolute atomic E-state index is 0.0592. The van der Waals surface area contributed by atoms with Gasteiger partial charge in [0.05, 0.1) is 49.4 Å². The number of H-pyrrole nitrogens is 1. The third kappa shape index (κ3) is 5.31. The van der Waals surface area contributed by atoms with Crippen LogP contribution in [0.4, 0.5) is 15.8 Å². The maximum Gasteiger partial charge on any atom is 0.337 e. The summed E-state index contributed by atoms with van der Waals surface area (Å²) in [6.45, 7) is 3.73. The number of methoxy groups -OCH3 is 1. The van der Waals surface area contributed by atoms with Crippen molar-refractivity contribution in [2.24, 2.45) is 4.99 Å². The Morgan fingerprint density at radius 2 is 1.78 bits per heavy atom. The van der Waals surface area contributed by atoms with Gasteiger partial charge in [-0.1, -0.05) is 6.07 Å². The van der Waals surface area contributed by atoms with Crippen LogP contribution in [0.25, 0.3) is 10.9 Å². The van der Waals surface area contributed by atoms with E-state index in [1.54, 1.807) is 30.3 Å². The number of hydrogen-bond donors (Lipinski definition) is 2. The van der Waals surface area contributed by atoms with Gasteiger partial charge < -0.3 is 24.5 Å². The summed E-state index contributed by atoms with van der Waals surface area (Å²) >= 11 is 0. The number of morpholine rings is 1. The Labute approximate surface area is 235 Å². The molecule has 1 saturated heterocycles. The number of carbonyl (C=O) groups is 2. The molecule has 1 aromatic heterocycles. The van der Waals surface area contributed by atoms with E-state index >= 15 is 0 Å². The highest BCUT2D eigenvalue weighted by Crippen LogP contribution is 2.35. The number of carbonyl (C=O) groups excluding carboxylic acids is 2. The fourth-order valence-electron chi connectivity index (χ4n) is 5.42. The number of nitrogens with one attached hydrogen (secondary N) is 1. The third-order valence-corrected chi connectivity index (χ3v) is 7.52. The molecule has 10 heteroatoms. The van der Waals surface area contributed by atoms with Crippen molar-refractivity contribution < 1.29 is 28.6 Å². The van der Waals surface area contributed by atoms with Gasteiger partial charge in [-0.2, -0.15) is 0 Å². The van der Waals surface area contributed by atoms with Gasteiger partial charge in [-0.05, 0) is 66.6 Å². The van der Waals surface area contributed by atoms with E-state index in [2.05, 4.69) is 9.88 Å². The summed E-state index contributed by atoms with van der Waals surface area (Å²) in [5.74, 6) is -0.959. The van der Waals surface area contributed by atoms with Crippen LogP contribution in [0.1, 0.15) is 27.0 Å². The number of ether oxygens (including phenoxy) is 2. The number of halogens is 1. The van der Waals surface area contributed by atoms with E-state index in [0.29, 0.717) is 71.7 Å². The van der Waals surface area contributed by atoms with Gasteiger partial charge >= 0.3 is 5.97 Å². The standard InChI is InChI=1S/C31H29FN4O5/c1-40-31(39)21-4-8-24-25(17-21)34-30(38)28(24)29(19-2-5-22(32)6-3-19)33-23-7-9-26-20(16-23)10-11-36(26)27(37)18-35-12-14-41-15-13-35/h2-9,16-17,34,38H,10-15,18H2,1H3. The molecule has 4 aromatic rings. The summed E-state index contributed by atoms with van der Waals surface area (Å²) in [6.07, 6.45) is 0.702. The van der Waals surface area contributed by atoms with E-state index in [1.807, 2.05) is 23.1 Å². The summed E-state index contributed by atoms with van der Waals surface area (Å²) in [5, 5.41) is 11.6.